The van der Waals surface area contributed by atoms with E-state index in [1.165, 1.54) is 0 Å². The van der Waals surface area contributed by atoms with Gasteiger partial charge < -0.3 is 14.9 Å². The van der Waals surface area contributed by atoms with Crippen LogP contribution in [0.15, 0.2) is 0 Å². The van der Waals surface area contributed by atoms with Crippen LogP contribution in [0.3, 0.4) is 0 Å². The Kier molecular flexibility index (Phi) is 7.45. The third-order valence-electron chi connectivity index (χ3n) is 1.67. The van der Waals surface area contributed by atoms with Crippen molar-refractivity contribution in [1.82, 2.24) is 0 Å². The first-order chi connectivity index (χ1) is 5.72. The number of aliphatic hydroxyl groups excluding tert-OH is 2. The average molecular weight is 175 g/mol. The van der Waals surface area contributed by atoms with E-state index in [1.54, 1.807) is 0 Å². The lowest BCUT2D eigenvalue weighted by Gasteiger charge is -2.19. The van der Waals surface area contributed by atoms with Crippen LogP contribution in [-0.4, -0.2) is 35.6 Å². The lowest BCUT2D eigenvalue weighted by Crippen LogP contribution is -2.28. The van der Waals surface area contributed by atoms with Gasteiger partial charge in [-0.05, 0) is 19.8 Å². The molecule has 0 aromatic carbocycles. The number of aliphatic hydroxyl groups is 2. The largest absolute Gasteiger partial charge is 0.396 e. The van der Waals surface area contributed by atoms with Crippen LogP contribution in [0.4, 0.5) is 0 Å². The summed E-state index contributed by atoms with van der Waals surface area (Å²) in [5.41, 5.74) is 0. The molecule has 1 radical (unpaired) electrons. The molecule has 3 heteroatoms. The first-order valence-electron chi connectivity index (χ1n) is 4.46. The minimum absolute atomic E-state index is 0.0311. The van der Waals surface area contributed by atoms with Gasteiger partial charge in [0.2, 0.25) is 0 Å². The zero-order valence-electron chi connectivity index (χ0n) is 7.70. The van der Waals surface area contributed by atoms with Crippen molar-refractivity contribution < 1.29 is 14.9 Å². The van der Waals surface area contributed by atoms with Crippen molar-refractivity contribution in [2.24, 2.45) is 0 Å². The summed E-state index contributed by atoms with van der Waals surface area (Å²) in [7, 11) is 0. The van der Waals surface area contributed by atoms with E-state index in [2.05, 4.69) is 13.8 Å². The highest BCUT2D eigenvalue weighted by atomic mass is 16.5. The van der Waals surface area contributed by atoms with E-state index in [-0.39, 0.29) is 12.7 Å². The van der Waals surface area contributed by atoms with Crippen LogP contribution in [0.2, 0.25) is 0 Å². The molecule has 3 nitrogen and oxygen atoms in total. The van der Waals surface area contributed by atoms with Gasteiger partial charge in [0.25, 0.3) is 0 Å². The molecule has 73 valence electrons. The van der Waals surface area contributed by atoms with Crippen molar-refractivity contribution in [2.75, 3.05) is 13.2 Å². The smallest absolute Gasteiger partial charge is 0.0855 e. The van der Waals surface area contributed by atoms with Gasteiger partial charge in [-0.15, -0.1) is 0 Å². The summed E-state index contributed by atoms with van der Waals surface area (Å²) in [6.45, 7) is 6.19. The molecule has 0 aliphatic rings. The SMILES string of the molecule is [CH2]C(O)C(CCO)OCCCC. The molecule has 0 saturated heterocycles. The summed E-state index contributed by atoms with van der Waals surface area (Å²) in [4.78, 5) is 0. The Morgan fingerprint density at radius 2 is 2.17 bits per heavy atom. The van der Waals surface area contributed by atoms with Crippen molar-refractivity contribution in [3.63, 3.8) is 0 Å². The lowest BCUT2D eigenvalue weighted by atomic mass is 10.2. The Bertz CT molecular complexity index is 93.8. The maximum Gasteiger partial charge on any atom is 0.0855 e. The maximum absolute atomic E-state index is 9.10. The van der Waals surface area contributed by atoms with Crippen LogP contribution in [0.1, 0.15) is 26.2 Å². The maximum atomic E-state index is 9.10. The second-order valence-corrected chi connectivity index (χ2v) is 2.84. The quantitative estimate of drug-likeness (QED) is 0.561. The van der Waals surface area contributed by atoms with Crippen molar-refractivity contribution in [1.29, 1.82) is 0 Å². The Labute approximate surface area is 74.4 Å². The third-order valence-corrected chi connectivity index (χ3v) is 1.67. The molecule has 0 saturated carbocycles. The molecule has 0 amide bonds. The van der Waals surface area contributed by atoms with Crippen molar-refractivity contribution in [2.45, 2.75) is 38.4 Å². The number of rotatable bonds is 7. The van der Waals surface area contributed by atoms with Gasteiger partial charge >= 0.3 is 0 Å². The number of ether oxygens (including phenoxy) is 1. The topological polar surface area (TPSA) is 49.7 Å². The van der Waals surface area contributed by atoms with Crippen LogP contribution >= 0.6 is 0 Å². The van der Waals surface area contributed by atoms with Crippen molar-refractivity contribution >= 4 is 0 Å². The average Bonchev–Trinajstić information content (AvgIpc) is 2.03. The van der Waals surface area contributed by atoms with E-state index in [0.29, 0.717) is 13.0 Å². The van der Waals surface area contributed by atoms with Crippen LogP contribution in [-0.2, 0) is 4.74 Å². The second kappa shape index (κ2) is 7.53. The minimum Gasteiger partial charge on any atom is -0.396 e. The van der Waals surface area contributed by atoms with E-state index in [4.69, 9.17) is 14.9 Å². The molecule has 0 spiro atoms. The number of hydrogen-bond donors (Lipinski definition) is 2. The van der Waals surface area contributed by atoms with Crippen molar-refractivity contribution in [3.05, 3.63) is 6.92 Å². The molecule has 0 fully saturated rings. The molecule has 0 aliphatic heterocycles. The fraction of sp³-hybridized carbons (Fsp3) is 0.889. The standard InChI is InChI=1S/C9H19O3/c1-3-4-7-12-9(5-6-10)8(2)11/h8-11H,2-7H2,1H3. The van der Waals surface area contributed by atoms with E-state index >= 15 is 0 Å². The first-order valence-corrected chi connectivity index (χ1v) is 4.46. The van der Waals surface area contributed by atoms with E-state index in [9.17, 15) is 0 Å². The Morgan fingerprint density at radius 3 is 2.58 bits per heavy atom. The van der Waals surface area contributed by atoms with Gasteiger partial charge in [-0.1, -0.05) is 13.3 Å². The van der Waals surface area contributed by atoms with Crippen LogP contribution < -0.4 is 0 Å². The normalized spacial score (nSPS) is 16.0. The van der Waals surface area contributed by atoms with Crippen LogP contribution in [0.25, 0.3) is 0 Å². The third kappa shape index (κ3) is 5.52. The predicted octanol–water partition coefficient (Wildman–Crippen LogP) is 0.749. The van der Waals surface area contributed by atoms with E-state index in [0.717, 1.165) is 12.8 Å². The summed E-state index contributed by atoms with van der Waals surface area (Å²) >= 11 is 0. The molecule has 0 heterocycles. The van der Waals surface area contributed by atoms with Gasteiger partial charge in [0, 0.05) is 13.2 Å². The summed E-state index contributed by atoms with van der Waals surface area (Å²) in [6, 6.07) is 0. The second-order valence-electron chi connectivity index (χ2n) is 2.84. The zero-order chi connectivity index (χ0) is 9.40. The minimum atomic E-state index is -0.742. The van der Waals surface area contributed by atoms with Gasteiger partial charge in [0.15, 0.2) is 0 Å². The molecule has 2 unspecified atom stereocenters. The summed E-state index contributed by atoms with van der Waals surface area (Å²) in [6.07, 6.45) is 1.44. The summed E-state index contributed by atoms with van der Waals surface area (Å²) in [5, 5.41) is 17.7. The van der Waals surface area contributed by atoms with Gasteiger partial charge in [0.1, 0.15) is 0 Å². The van der Waals surface area contributed by atoms with Crippen LogP contribution in [0, 0.1) is 6.92 Å². The molecule has 0 aromatic rings. The highest BCUT2D eigenvalue weighted by Gasteiger charge is 2.13. The fourth-order valence-corrected chi connectivity index (χ4v) is 0.893. The molecule has 2 atom stereocenters. The highest BCUT2D eigenvalue weighted by molar-refractivity contribution is 4.70. The molecule has 0 aliphatic carbocycles. The summed E-state index contributed by atoms with van der Waals surface area (Å²) < 4.78 is 5.31. The fourth-order valence-electron chi connectivity index (χ4n) is 0.893. The molecular weight excluding hydrogens is 156 g/mol. The molecular formula is C9H19O3. The predicted molar refractivity (Wildman–Crippen MR) is 47.7 cm³/mol. The first kappa shape index (κ1) is 11.9. The van der Waals surface area contributed by atoms with E-state index in [1.807, 2.05) is 0 Å². The van der Waals surface area contributed by atoms with Crippen LogP contribution in [0.5, 0.6) is 0 Å². The zero-order valence-corrected chi connectivity index (χ0v) is 7.70. The van der Waals surface area contributed by atoms with E-state index < -0.39 is 6.10 Å². The summed E-state index contributed by atoms with van der Waals surface area (Å²) in [5.74, 6) is 0. The molecule has 0 bridgehead atoms. The molecule has 12 heavy (non-hydrogen) atoms. The van der Waals surface area contributed by atoms with Gasteiger partial charge in [-0.2, -0.15) is 0 Å². The lowest BCUT2D eigenvalue weighted by molar-refractivity contribution is -0.0311. The number of unbranched alkanes of at least 4 members (excludes halogenated alkanes) is 1. The van der Waals surface area contributed by atoms with Crippen molar-refractivity contribution in [3.8, 4) is 0 Å². The number of hydrogen-bond acceptors (Lipinski definition) is 3. The Hall–Kier alpha value is -0.120. The molecule has 0 rings (SSSR count). The Morgan fingerprint density at radius 1 is 1.50 bits per heavy atom. The molecule has 0 aromatic heterocycles. The van der Waals surface area contributed by atoms with Gasteiger partial charge in [0.05, 0.1) is 12.2 Å². The monoisotopic (exact) mass is 175 g/mol. The van der Waals surface area contributed by atoms with Gasteiger partial charge in [-0.3, -0.25) is 0 Å². The Balaban J connectivity index is 3.49. The highest BCUT2D eigenvalue weighted by Crippen LogP contribution is 2.04. The van der Waals surface area contributed by atoms with Gasteiger partial charge in [-0.25, -0.2) is 0 Å². The molecule has 2 N–H and O–H groups in total.